The molecule has 0 radical (unpaired) electrons. The zero-order valence-electron chi connectivity index (χ0n) is 17.1. The molecule has 1 aromatic heterocycles. The number of thioether (sulfide) groups is 1. The molecule has 0 atom stereocenters. The molecular weight excluding hydrogens is 426 g/mol. The van der Waals surface area contributed by atoms with E-state index in [0.717, 1.165) is 44.0 Å². The third-order valence-corrected chi connectivity index (χ3v) is 6.46. The van der Waals surface area contributed by atoms with E-state index in [0.29, 0.717) is 29.8 Å². The molecule has 10 heteroatoms. The number of aliphatic hydroxyl groups excluding tert-OH is 1. The van der Waals surface area contributed by atoms with Crippen molar-refractivity contribution in [3.8, 4) is 0 Å². The van der Waals surface area contributed by atoms with Gasteiger partial charge in [0, 0.05) is 43.0 Å². The number of fused-ring (bicyclic) bond motifs is 4. The molecule has 0 unspecified atom stereocenters. The van der Waals surface area contributed by atoms with E-state index < -0.39 is 0 Å². The van der Waals surface area contributed by atoms with Gasteiger partial charge in [0.15, 0.2) is 11.0 Å². The first-order chi connectivity index (χ1) is 15.6. The Balaban J connectivity index is 1.39. The molecule has 0 spiro atoms. The summed E-state index contributed by atoms with van der Waals surface area (Å²) in [4.78, 5) is 21.6. The van der Waals surface area contributed by atoms with Gasteiger partial charge in [0.2, 0.25) is 0 Å². The quantitative estimate of drug-likeness (QED) is 0.480. The Morgan fingerprint density at radius 1 is 1.22 bits per heavy atom. The zero-order valence-corrected chi connectivity index (χ0v) is 17.9. The van der Waals surface area contributed by atoms with Gasteiger partial charge in [-0.05, 0) is 36.1 Å². The summed E-state index contributed by atoms with van der Waals surface area (Å²) in [5, 5.41) is 24.8. The van der Waals surface area contributed by atoms with Crippen molar-refractivity contribution in [3.05, 3.63) is 70.7 Å². The van der Waals surface area contributed by atoms with E-state index in [1.54, 1.807) is 19.3 Å². The van der Waals surface area contributed by atoms with E-state index in [4.69, 9.17) is 15.0 Å². The number of hydrogen-bond acceptors (Lipinski definition) is 10. The van der Waals surface area contributed by atoms with E-state index >= 15 is 0 Å². The third-order valence-electron chi connectivity index (χ3n) is 5.63. The van der Waals surface area contributed by atoms with Gasteiger partial charge in [0.1, 0.15) is 5.82 Å². The number of nitrogens with zero attached hydrogens (tertiary/aromatic N) is 6. The van der Waals surface area contributed by atoms with Crippen LogP contribution in [0.2, 0.25) is 0 Å². The summed E-state index contributed by atoms with van der Waals surface area (Å²) in [6, 6.07) is 0. The molecule has 5 heterocycles. The van der Waals surface area contributed by atoms with Crippen LogP contribution < -0.4 is 10.2 Å². The van der Waals surface area contributed by atoms with Crippen molar-refractivity contribution in [1.82, 2.24) is 20.3 Å². The number of nitrogens with one attached hydrogen (secondary N) is 1. The lowest BCUT2D eigenvalue weighted by atomic mass is 9.96. The van der Waals surface area contributed by atoms with Crippen LogP contribution in [0.15, 0.2) is 80.3 Å². The zero-order chi connectivity index (χ0) is 21.8. The Labute approximate surface area is 188 Å². The van der Waals surface area contributed by atoms with Crippen LogP contribution in [0.3, 0.4) is 0 Å². The number of hydrogen-bond donors (Lipinski definition) is 3. The number of β-amino-alcohol motifs (C(OH)–C–C–N with tert-alkyl or cyclic N) is 1. The molecule has 1 aromatic rings. The standard InChI is InChI=1S/C22H19N7O2S/c1-23-16-5-2-4-14-18-20(25-19(14)16)26-22(27-21(18)28-10-12(30)11-28)32-13-8-17-15(24-9-13)6-3-7-29(17)31/h2-9,12,24,30-31H,10-11H2,1H3. The van der Waals surface area contributed by atoms with Gasteiger partial charge in [-0.15, -0.1) is 0 Å². The molecule has 0 bridgehead atoms. The monoisotopic (exact) mass is 445 g/mol. The van der Waals surface area contributed by atoms with Gasteiger partial charge in [0.25, 0.3) is 0 Å². The minimum Gasteiger partial charge on any atom is -0.389 e. The number of hydroxylamine groups is 2. The van der Waals surface area contributed by atoms with Crippen molar-refractivity contribution < 1.29 is 10.3 Å². The van der Waals surface area contributed by atoms with Crippen LogP contribution in [0.1, 0.15) is 5.56 Å². The van der Waals surface area contributed by atoms with E-state index in [9.17, 15) is 10.3 Å². The third kappa shape index (κ3) is 3.03. The first-order valence-corrected chi connectivity index (χ1v) is 11.0. The van der Waals surface area contributed by atoms with Gasteiger partial charge in [-0.25, -0.2) is 20.0 Å². The van der Waals surface area contributed by atoms with Gasteiger partial charge in [-0.2, -0.15) is 0 Å². The number of rotatable bonds is 3. The Kier molecular flexibility index (Phi) is 4.39. The minimum atomic E-state index is -0.360. The molecule has 9 nitrogen and oxygen atoms in total. The van der Waals surface area contributed by atoms with Gasteiger partial charge in [-0.3, -0.25) is 10.2 Å². The molecular formula is C22H19N7O2S. The summed E-state index contributed by atoms with van der Waals surface area (Å²) in [7, 11) is 1.75. The summed E-state index contributed by atoms with van der Waals surface area (Å²) >= 11 is 1.38. The fourth-order valence-electron chi connectivity index (χ4n) is 4.04. The molecule has 6 rings (SSSR count). The average Bonchev–Trinajstić information content (AvgIpc) is 3.15. The Bertz CT molecular complexity index is 1280. The molecule has 0 amide bonds. The topological polar surface area (TPSA) is 109 Å². The number of aliphatic imine (C=N–C) groups is 2. The average molecular weight is 446 g/mol. The summed E-state index contributed by atoms with van der Waals surface area (Å²) in [5.74, 6) is 1.37. The highest BCUT2D eigenvalue weighted by Crippen LogP contribution is 2.44. The number of aliphatic hydroxyl groups is 1. The predicted molar refractivity (Wildman–Crippen MR) is 124 cm³/mol. The summed E-state index contributed by atoms with van der Waals surface area (Å²) in [6.45, 7) is 1.05. The Morgan fingerprint density at radius 3 is 2.91 bits per heavy atom. The molecule has 1 saturated heterocycles. The lowest BCUT2D eigenvalue weighted by molar-refractivity contribution is -0.00289. The highest BCUT2D eigenvalue weighted by atomic mass is 32.2. The predicted octanol–water partition coefficient (Wildman–Crippen LogP) is 2.29. The van der Waals surface area contributed by atoms with Crippen LogP contribution in [0, 0.1) is 0 Å². The van der Waals surface area contributed by atoms with E-state index in [-0.39, 0.29) is 6.10 Å². The Hall–Kier alpha value is -3.47. The van der Waals surface area contributed by atoms with Gasteiger partial charge < -0.3 is 15.3 Å². The minimum absolute atomic E-state index is 0.360. The smallest absolute Gasteiger partial charge is 0.196 e. The van der Waals surface area contributed by atoms with Crippen LogP contribution in [0.5, 0.6) is 0 Å². The molecule has 5 aliphatic rings. The second-order valence-electron chi connectivity index (χ2n) is 7.69. The number of anilines is 1. The van der Waals surface area contributed by atoms with Crippen molar-refractivity contribution in [2.75, 3.05) is 25.0 Å². The van der Waals surface area contributed by atoms with Gasteiger partial charge >= 0.3 is 0 Å². The fourth-order valence-corrected chi connectivity index (χ4v) is 4.81. The van der Waals surface area contributed by atoms with Crippen molar-refractivity contribution in [3.63, 3.8) is 0 Å². The van der Waals surface area contributed by atoms with Crippen LogP contribution in [-0.4, -0.2) is 63.0 Å². The van der Waals surface area contributed by atoms with Crippen LogP contribution >= 0.6 is 11.8 Å². The largest absolute Gasteiger partial charge is 0.389 e. The first kappa shape index (κ1) is 19.2. The summed E-state index contributed by atoms with van der Waals surface area (Å²) in [5.41, 5.74) is 4.89. The highest BCUT2D eigenvalue weighted by Gasteiger charge is 2.36. The second-order valence-corrected chi connectivity index (χ2v) is 8.73. The van der Waals surface area contributed by atoms with E-state index in [2.05, 4.69) is 10.3 Å². The van der Waals surface area contributed by atoms with Crippen LogP contribution in [0.25, 0.3) is 5.57 Å². The maximum atomic E-state index is 10.1. The van der Waals surface area contributed by atoms with Crippen molar-refractivity contribution in [1.29, 1.82) is 0 Å². The van der Waals surface area contributed by atoms with E-state index in [1.807, 2.05) is 41.5 Å². The molecule has 32 heavy (non-hydrogen) atoms. The lowest BCUT2D eigenvalue weighted by Gasteiger charge is -2.38. The highest BCUT2D eigenvalue weighted by molar-refractivity contribution is 8.03. The van der Waals surface area contributed by atoms with Crippen molar-refractivity contribution in [2.24, 2.45) is 9.98 Å². The van der Waals surface area contributed by atoms with Gasteiger partial charge in [-0.1, -0.05) is 12.2 Å². The molecule has 160 valence electrons. The molecule has 3 N–H and O–H groups in total. The van der Waals surface area contributed by atoms with Crippen LogP contribution in [-0.2, 0) is 0 Å². The summed E-state index contributed by atoms with van der Waals surface area (Å²) in [6.07, 6.45) is 14.5. The lowest BCUT2D eigenvalue weighted by Crippen LogP contribution is -2.51. The fraction of sp³-hybridized carbons (Fsp3) is 0.182. The first-order valence-electron chi connectivity index (χ1n) is 10.1. The van der Waals surface area contributed by atoms with Gasteiger partial charge in [0.05, 0.1) is 34.5 Å². The van der Waals surface area contributed by atoms with E-state index in [1.165, 1.54) is 11.8 Å². The SMILES string of the molecule is CN=C1C=CC=C2C1=Nc1nc(SC3=CNC4=CC=CN(O)C4=C3)nc(N3CC(O)C3)c12. The number of allylic oxidation sites excluding steroid dienone is 7. The normalized spacial score (nSPS) is 22.2. The molecule has 0 aromatic carbocycles. The van der Waals surface area contributed by atoms with Crippen molar-refractivity contribution >= 4 is 40.4 Å². The molecule has 4 aliphatic heterocycles. The molecule has 1 aliphatic carbocycles. The molecule has 1 fully saturated rings. The van der Waals surface area contributed by atoms with Crippen LogP contribution in [0.4, 0.5) is 11.6 Å². The maximum absolute atomic E-state index is 10.1. The maximum Gasteiger partial charge on any atom is 0.196 e. The van der Waals surface area contributed by atoms with Crippen molar-refractivity contribution in [2.45, 2.75) is 11.3 Å². The number of dihydropyridines is 1. The number of aromatic nitrogens is 2. The summed E-state index contributed by atoms with van der Waals surface area (Å²) < 4.78 is 0. The second kappa shape index (κ2) is 7.30. The molecule has 0 saturated carbocycles. The Morgan fingerprint density at radius 2 is 2.09 bits per heavy atom.